The summed E-state index contributed by atoms with van der Waals surface area (Å²) in [6, 6.07) is 4.54. The number of ether oxygens (including phenoxy) is 1. The molecule has 5 heteroatoms. The van der Waals surface area contributed by atoms with E-state index in [0.29, 0.717) is 18.9 Å². The number of aromatic nitrogens is 1. The maximum absolute atomic E-state index is 11.0. The van der Waals surface area contributed by atoms with Crippen LogP contribution < -0.4 is 5.73 Å². The van der Waals surface area contributed by atoms with E-state index in [9.17, 15) is 4.79 Å². The zero-order valence-electron chi connectivity index (χ0n) is 13.0. The third-order valence-electron chi connectivity index (χ3n) is 3.98. The van der Waals surface area contributed by atoms with Crippen molar-refractivity contribution in [2.45, 2.75) is 38.6 Å². The lowest BCUT2D eigenvalue weighted by Gasteiger charge is -2.24. The number of methoxy groups -OCH3 is 1. The molecule has 1 aromatic heterocycles. The number of carbonyl (C=O) groups is 1. The molecule has 116 valence electrons. The molecule has 0 aromatic carbocycles. The first-order valence-electron chi connectivity index (χ1n) is 7.59. The summed E-state index contributed by atoms with van der Waals surface area (Å²) >= 11 is 0. The van der Waals surface area contributed by atoms with E-state index in [1.165, 1.54) is 6.42 Å². The van der Waals surface area contributed by atoms with Gasteiger partial charge in [0.1, 0.15) is 0 Å². The SMILES string of the molecule is COCCN1CCC[C@@H]1c1cc(CCC(N)=O)cc(C)n1. The van der Waals surface area contributed by atoms with Crippen molar-refractivity contribution in [3.8, 4) is 0 Å². The first kappa shape index (κ1) is 15.9. The molecular weight excluding hydrogens is 266 g/mol. The van der Waals surface area contributed by atoms with Crippen molar-refractivity contribution >= 4 is 5.91 Å². The van der Waals surface area contributed by atoms with E-state index in [0.717, 1.165) is 43.1 Å². The van der Waals surface area contributed by atoms with E-state index in [4.69, 9.17) is 15.5 Å². The number of rotatable bonds is 7. The lowest BCUT2D eigenvalue weighted by molar-refractivity contribution is -0.117. The van der Waals surface area contributed by atoms with E-state index in [1.807, 2.05) is 13.0 Å². The second-order valence-electron chi connectivity index (χ2n) is 5.69. The van der Waals surface area contributed by atoms with Crippen LogP contribution in [0.5, 0.6) is 0 Å². The molecule has 1 amide bonds. The van der Waals surface area contributed by atoms with Crippen LogP contribution in [0.25, 0.3) is 0 Å². The number of aryl methyl sites for hydroxylation is 2. The number of hydrogen-bond donors (Lipinski definition) is 1. The number of nitrogens with two attached hydrogens (primary N) is 1. The normalized spacial score (nSPS) is 19.0. The van der Waals surface area contributed by atoms with E-state index in [1.54, 1.807) is 7.11 Å². The van der Waals surface area contributed by atoms with Crippen molar-refractivity contribution in [2.75, 3.05) is 26.8 Å². The van der Waals surface area contributed by atoms with Crippen LogP contribution in [-0.2, 0) is 16.0 Å². The minimum absolute atomic E-state index is 0.256. The van der Waals surface area contributed by atoms with Crippen LogP contribution in [0.3, 0.4) is 0 Å². The molecule has 5 nitrogen and oxygen atoms in total. The average molecular weight is 291 g/mol. The fourth-order valence-electron chi connectivity index (χ4n) is 2.99. The van der Waals surface area contributed by atoms with Crippen molar-refractivity contribution in [1.29, 1.82) is 0 Å². The molecule has 1 aliphatic heterocycles. The van der Waals surface area contributed by atoms with Crippen molar-refractivity contribution < 1.29 is 9.53 Å². The maximum Gasteiger partial charge on any atom is 0.217 e. The van der Waals surface area contributed by atoms with Crippen molar-refractivity contribution in [1.82, 2.24) is 9.88 Å². The van der Waals surface area contributed by atoms with Crippen molar-refractivity contribution in [2.24, 2.45) is 5.73 Å². The number of nitrogens with zero attached hydrogens (tertiary/aromatic N) is 2. The number of likely N-dealkylation sites (tertiary alicyclic amines) is 1. The van der Waals surface area contributed by atoms with E-state index < -0.39 is 0 Å². The smallest absolute Gasteiger partial charge is 0.217 e. The molecule has 1 atom stereocenters. The van der Waals surface area contributed by atoms with Gasteiger partial charge in [-0.2, -0.15) is 0 Å². The molecule has 1 fully saturated rings. The molecule has 0 radical (unpaired) electrons. The molecule has 1 saturated heterocycles. The maximum atomic E-state index is 11.0. The Morgan fingerprint density at radius 2 is 2.33 bits per heavy atom. The summed E-state index contributed by atoms with van der Waals surface area (Å²) in [7, 11) is 1.73. The predicted octanol–water partition coefficient (Wildman–Crippen LogP) is 1.59. The highest BCUT2D eigenvalue weighted by Crippen LogP contribution is 2.31. The Morgan fingerprint density at radius 3 is 3.05 bits per heavy atom. The van der Waals surface area contributed by atoms with Crippen LogP contribution in [0.4, 0.5) is 0 Å². The molecule has 1 aromatic rings. The van der Waals surface area contributed by atoms with Gasteiger partial charge in [0.05, 0.1) is 18.3 Å². The van der Waals surface area contributed by atoms with E-state index >= 15 is 0 Å². The molecule has 21 heavy (non-hydrogen) atoms. The van der Waals surface area contributed by atoms with Gasteiger partial charge in [0.25, 0.3) is 0 Å². The number of primary amides is 1. The second kappa shape index (κ2) is 7.52. The molecule has 2 rings (SSSR count). The van der Waals surface area contributed by atoms with Gasteiger partial charge in [-0.15, -0.1) is 0 Å². The molecule has 2 heterocycles. The minimum atomic E-state index is -0.256. The zero-order chi connectivity index (χ0) is 15.2. The Labute approximate surface area is 126 Å². The fraction of sp³-hybridized carbons (Fsp3) is 0.625. The summed E-state index contributed by atoms with van der Waals surface area (Å²) in [4.78, 5) is 18.1. The van der Waals surface area contributed by atoms with Crippen molar-refractivity contribution in [3.63, 3.8) is 0 Å². The van der Waals surface area contributed by atoms with Gasteiger partial charge >= 0.3 is 0 Å². The first-order valence-corrected chi connectivity index (χ1v) is 7.59. The van der Waals surface area contributed by atoms with Gasteiger partial charge in [-0.3, -0.25) is 14.7 Å². The number of hydrogen-bond acceptors (Lipinski definition) is 4. The third kappa shape index (κ3) is 4.51. The van der Waals surface area contributed by atoms with Crippen LogP contribution in [0, 0.1) is 6.92 Å². The lowest BCUT2D eigenvalue weighted by atomic mass is 10.0. The molecule has 2 N–H and O–H groups in total. The summed E-state index contributed by atoms with van der Waals surface area (Å²) < 4.78 is 5.19. The highest BCUT2D eigenvalue weighted by Gasteiger charge is 2.27. The van der Waals surface area contributed by atoms with Gasteiger partial charge in [0.15, 0.2) is 0 Å². The highest BCUT2D eigenvalue weighted by atomic mass is 16.5. The molecule has 0 bridgehead atoms. The Kier molecular flexibility index (Phi) is 5.70. The van der Waals surface area contributed by atoms with Crippen molar-refractivity contribution in [3.05, 3.63) is 29.1 Å². The summed E-state index contributed by atoms with van der Waals surface area (Å²) in [6.07, 6.45) is 3.41. The largest absolute Gasteiger partial charge is 0.383 e. The lowest BCUT2D eigenvalue weighted by Crippen LogP contribution is -2.27. The highest BCUT2D eigenvalue weighted by molar-refractivity contribution is 5.74. The summed E-state index contributed by atoms with van der Waals surface area (Å²) in [6.45, 7) is 4.79. The van der Waals surface area contributed by atoms with E-state index in [-0.39, 0.29) is 5.91 Å². The van der Waals surface area contributed by atoms with Crippen LogP contribution in [0.2, 0.25) is 0 Å². The van der Waals surface area contributed by atoms with Crippen LogP contribution in [0.15, 0.2) is 12.1 Å². The topological polar surface area (TPSA) is 68.5 Å². The van der Waals surface area contributed by atoms with Gasteiger partial charge < -0.3 is 10.5 Å². The molecule has 0 spiro atoms. The van der Waals surface area contributed by atoms with E-state index in [2.05, 4.69) is 11.0 Å². The van der Waals surface area contributed by atoms with Crippen LogP contribution in [-0.4, -0.2) is 42.6 Å². The quantitative estimate of drug-likeness (QED) is 0.828. The fourth-order valence-corrected chi connectivity index (χ4v) is 2.99. The predicted molar refractivity (Wildman–Crippen MR) is 81.9 cm³/mol. The third-order valence-corrected chi connectivity index (χ3v) is 3.98. The minimum Gasteiger partial charge on any atom is -0.383 e. The number of pyridine rings is 1. The Morgan fingerprint density at radius 1 is 1.52 bits per heavy atom. The number of carbonyl (C=O) groups excluding carboxylic acids is 1. The Bertz CT molecular complexity index is 490. The molecular formula is C16H25N3O2. The van der Waals surface area contributed by atoms with Gasteiger partial charge in [-0.1, -0.05) is 0 Å². The zero-order valence-corrected chi connectivity index (χ0v) is 13.0. The molecule has 0 aliphatic carbocycles. The summed E-state index contributed by atoms with van der Waals surface area (Å²) in [5.41, 5.74) is 8.51. The van der Waals surface area contributed by atoms with Gasteiger partial charge in [-0.05, 0) is 50.4 Å². The van der Waals surface area contributed by atoms with Gasteiger partial charge in [-0.25, -0.2) is 0 Å². The van der Waals surface area contributed by atoms with Gasteiger partial charge in [0, 0.05) is 25.8 Å². The Hall–Kier alpha value is -1.46. The average Bonchev–Trinajstić information content (AvgIpc) is 2.90. The standard InChI is InChI=1S/C16H25N3O2/c1-12-10-13(5-6-16(17)20)11-14(18-12)15-4-3-7-19(15)8-9-21-2/h10-11,15H,3-9H2,1-2H3,(H2,17,20)/t15-/m1/s1. The number of amides is 1. The van der Waals surface area contributed by atoms with Crippen LogP contribution in [0.1, 0.15) is 42.3 Å². The molecule has 1 aliphatic rings. The van der Waals surface area contributed by atoms with Crippen LogP contribution >= 0.6 is 0 Å². The molecule has 0 saturated carbocycles. The summed E-state index contributed by atoms with van der Waals surface area (Å²) in [5, 5.41) is 0. The first-order chi connectivity index (χ1) is 10.1. The Balaban J connectivity index is 2.12. The molecule has 0 unspecified atom stereocenters. The summed E-state index contributed by atoms with van der Waals surface area (Å²) in [5.74, 6) is -0.256. The van der Waals surface area contributed by atoms with Gasteiger partial charge in [0.2, 0.25) is 5.91 Å². The second-order valence-corrected chi connectivity index (χ2v) is 5.69. The monoisotopic (exact) mass is 291 g/mol.